The first kappa shape index (κ1) is 17.7. The number of hydrogen-bond donors (Lipinski definition) is 0. The maximum Gasteiger partial charge on any atom is 2.00 e. The van der Waals surface area contributed by atoms with Gasteiger partial charge in [0.15, 0.2) is 0 Å². The normalized spacial score (nSPS) is 9.00. The Morgan fingerprint density at radius 3 is 2.67 bits per heavy atom. The molecule has 5 heteroatoms. The van der Waals surface area contributed by atoms with Crippen molar-refractivity contribution in [2.45, 2.75) is 6.61 Å². The topological polar surface area (TPSA) is 9.23 Å². The van der Waals surface area contributed by atoms with Crippen molar-refractivity contribution in [3.63, 3.8) is 0 Å². The van der Waals surface area contributed by atoms with Gasteiger partial charge in [-0.25, -0.2) is 4.39 Å². The zero-order chi connectivity index (χ0) is 11.4. The molecule has 0 saturated heterocycles. The van der Waals surface area contributed by atoms with E-state index in [2.05, 4.69) is 6.07 Å². The molecular formula is C13H9BrClFMgO. The SMILES string of the molecule is Fc1ccc(OCc2c[c-]ccc2)c(Cl)c1.[Br-].[Mg+2]. The average molecular weight is 340 g/mol. The van der Waals surface area contributed by atoms with E-state index in [9.17, 15) is 4.39 Å². The quantitative estimate of drug-likeness (QED) is 0.584. The fourth-order valence-corrected chi connectivity index (χ4v) is 1.50. The Hall–Kier alpha value is -0.294. The van der Waals surface area contributed by atoms with Gasteiger partial charge in [-0.3, -0.25) is 0 Å². The summed E-state index contributed by atoms with van der Waals surface area (Å²) in [5, 5.41) is 0.278. The van der Waals surface area contributed by atoms with Crippen LogP contribution in [-0.4, -0.2) is 23.1 Å². The van der Waals surface area contributed by atoms with Crippen molar-refractivity contribution < 1.29 is 26.1 Å². The standard InChI is InChI=1S/C13H9ClFO.BrH.Mg/c14-12-8-11(15)6-7-13(12)16-9-10-4-2-1-3-5-10;;/h1-2,4-8H,9H2;1H;/q-1;;+2/p-1. The second-order valence-electron chi connectivity index (χ2n) is 3.28. The summed E-state index contributed by atoms with van der Waals surface area (Å²) in [7, 11) is 0. The van der Waals surface area contributed by atoms with Crippen molar-refractivity contribution in [1.29, 1.82) is 0 Å². The minimum Gasteiger partial charge on any atom is -1.00 e. The van der Waals surface area contributed by atoms with Gasteiger partial charge in [0, 0.05) is 0 Å². The Kier molecular flexibility index (Phi) is 8.60. The van der Waals surface area contributed by atoms with Crippen LogP contribution in [0.25, 0.3) is 0 Å². The molecule has 0 aromatic heterocycles. The van der Waals surface area contributed by atoms with Gasteiger partial charge in [0.1, 0.15) is 11.6 Å². The summed E-state index contributed by atoms with van der Waals surface area (Å²) in [6.07, 6.45) is 0. The van der Waals surface area contributed by atoms with Gasteiger partial charge in [0.05, 0.1) is 11.6 Å². The Morgan fingerprint density at radius 1 is 1.28 bits per heavy atom. The van der Waals surface area contributed by atoms with Gasteiger partial charge >= 0.3 is 23.1 Å². The third-order valence-corrected chi connectivity index (χ3v) is 2.36. The molecule has 0 aliphatic carbocycles. The van der Waals surface area contributed by atoms with Crippen LogP contribution >= 0.6 is 11.6 Å². The summed E-state index contributed by atoms with van der Waals surface area (Å²) in [5.41, 5.74) is 0.989. The first-order valence-electron chi connectivity index (χ1n) is 4.78. The summed E-state index contributed by atoms with van der Waals surface area (Å²) >= 11 is 5.82. The Balaban J connectivity index is 0.00000144. The molecule has 0 bridgehead atoms. The van der Waals surface area contributed by atoms with Crippen molar-refractivity contribution >= 4 is 34.7 Å². The molecule has 0 fully saturated rings. The van der Waals surface area contributed by atoms with Gasteiger partial charge in [-0.05, 0) is 18.2 Å². The fraction of sp³-hybridized carbons (Fsp3) is 0.0769. The van der Waals surface area contributed by atoms with Crippen LogP contribution in [0.4, 0.5) is 4.39 Å². The van der Waals surface area contributed by atoms with Crippen LogP contribution in [0.5, 0.6) is 5.75 Å². The number of hydrogen-bond acceptors (Lipinski definition) is 1. The molecule has 0 amide bonds. The van der Waals surface area contributed by atoms with Gasteiger partial charge in [-0.2, -0.15) is 30.3 Å². The van der Waals surface area contributed by atoms with Crippen molar-refractivity contribution in [1.82, 2.24) is 0 Å². The molecule has 0 spiro atoms. The van der Waals surface area contributed by atoms with E-state index in [0.717, 1.165) is 5.56 Å². The van der Waals surface area contributed by atoms with Crippen LogP contribution in [0.2, 0.25) is 5.02 Å². The third-order valence-electron chi connectivity index (χ3n) is 2.06. The number of benzene rings is 2. The van der Waals surface area contributed by atoms with Crippen molar-refractivity contribution in [3.8, 4) is 5.75 Å². The largest absolute Gasteiger partial charge is 2.00 e. The Bertz CT molecular complexity index is 482. The fourth-order valence-electron chi connectivity index (χ4n) is 1.27. The van der Waals surface area contributed by atoms with Crippen LogP contribution in [0.3, 0.4) is 0 Å². The first-order valence-corrected chi connectivity index (χ1v) is 5.16. The second-order valence-corrected chi connectivity index (χ2v) is 3.68. The molecule has 0 atom stereocenters. The number of rotatable bonds is 3. The van der Waals surface area contributed by atoms with E-state index in [4.69, 9.17) is 16.3 Å². The molecule has 0 N–H and O–H groups in total. The van der Waals surface area contributed by atoms with E-state index >= 15 is 0 Å². The minimum atomic E-state index is -0.370. The van der Waals surface area contributed by atoms with Gasteiger partial charge in [0.25, 0.3) is 0 Å². The van der Waals surface area contributed by atoms with E-state index in [0.29, 0.717) is 12.4 Å². The van der Waals surface area contributed by atoms with E-state index in [1.807, 2.05) is 24.3 Å². The number of halogens is 3. The van der Waals surface area contributed by atoms with E-state index in [1.165, 1.54) is 18.2 Å². The zero-order valence-corrected chi connectivity index (χ0v) is 13.3. The molecule has 0 aliphatic heterocycles. The third kappa shape index (κ3) is 5.14. The molecule has 18 heavy (non-hydrogen) atoms. The molecule has 2 aromatic rings. The van der Waals surface area contributed by atoms with Gasteiger partial charge in [0.2, 0.25) is 0 Å². The predicted octanol–water partition coefficient (Wildman–Crippen LogP) is 0.481. The Morgan fingerprint density at radius 2 is 2.06 bits per heavy atom. The summed E-state index contributed by atoms with van der Waals surface area (Å²) in [5.74, 6) is 0.109. The van der Waals surface area contributed by atoms with E-state index in [1.54, 1.807) is 0 Å². The van der Waals surface area contributed by atoms with Gasteiger partial charge < -0.3 is 21.7 Å². The monoisotopic (exact) mass is 338 g/mol. The summed E-state index contributed by atoms with van der Waals surface area (Å²) in [4.78, 5) is 0. The first-order chi connectivity index (χ1) is 7.75. The molecule has 0 saturated carbocycles. The second kappa shape index (κ2) is 8.75. The predicted molar refractivity (Wildman–Crippen MR) is 66.8 cm³/mol. The molecule has 0 heterocycles. The minimum absolute atomic E-state index is 0. The Labute approximate surface area is 137 Å². The summed E-state index contributed by atoms with van der Waals surface area (Å²) in [6.45, 7) is 0.392. The molecular weight excluding hydrogens is 331 g/mol. The smallest absolute Gasteiger partial charge is 1.00 e. The van der Waals surface area contributed by atoms with Crippen LogP contribution in [0.1, 0.15) is 5.56 Å². The summed E-state index contributed by atoms with van der Waals surface area (Å²) < 4.78 is 18.2. The van der Waals surface area contributed by atoms with Crippen LogP contribution < -0.4 is 21.7 Å². The molecule has 0 radical (unpaired) electrons. The molecule has 1 nitrogen and oxygen atoms in total. The molecule has 2 aromatic carbocycles. The molecule has 0 unspecified atom stereocenters. The maximum absolute atomic E-state index is 12.8. The van der Waals surface area contributed by atoms with Gasteiger partial charge in [-0.15, -0.1) is 5.56 Å². The van der Waals surface area contributed by atoms with Crippen LogP contribution in [-0.2, 0) is 6.61 Å². The molecule has 0 aliphatic rings. The van der Waals surface area contributed by atoms with Crippen molar-refractivity contribution in [2.75, 3.05) is 0 Å². The van der Waals surface area contributed by atoms with Crippen molar-refractivity contribution in [2.24, 2.45) is 0 Å². The van der Waals surface area contributed by atoms with E-state index in [-0.39, 0.29) is 50.9 Å². The molecule has 90 valence electrons. The van der Waals surface area contributed by atoms with E-state index < -0.39 is 0 Å². The zero-order valence-electron chi connectivity index (χ0n) is 9.50. The molecule has 2 rings (SSSR count). The number of ether oxygens (including phenoxy) is 1. The van der Waals surface area contributed by atoms with Crippen molar-refractivity contribution in [3.05, 3.63) is 64.9 Å². The maximum atomic E-state index is 12.8. The van der Waals surface area contributed by atoms with Crippen LogP contribution in [0.15, 0.2) is 42.5 Å². The van der Waals surface area contributed by atoms with Crippen LogP contribution in [0, 0.1) is 11.9 Å². The van der Waals surface area contributed by atoms with Gasteiger partial charge in [-0.1, -0.05) is 11.6 Å². The average Bonchev–Trinajstić information content (AvgIpc) is 2.29. The summed E-state index contributed by atoms with van der Waals surface area (Å²) in [6, 6.07) is 14.5.